The summed E-state index contributed by atoms with van der Waals surface area (Å²) in [7, 11) is -3.61. The van der Waals surface area contributed by atoms with Crippen molar-refractivity contribution in [3.63, 3.8) is 0 Å². The van der Waals surface area contributed by atoms with Crippen LogP contribution in [-0.4, -0.2) is 32.5 Å². The van der Waals surface area contributed by atoms with Crippen molar-refractivity contribution in [3.05, 3.63) is 52.6 Å². The van der Waals surface area contributed by atoms with Gasteiger partial charge in [-0.25, -0.2) is 13.1 Å². The minimum Gasteiger partial charge on any atom is -0.423 e. The lowest BCUT2D eigenvalue weighted by molar-refractivity contribution is 0.533. The van der Waals surface area contributed by atoms with Gasteiger partial charge in [0.15, 0.2) is 5.58 Å². The molecule has 154 valence electrons. The Kier molecular flexibility index (Phi) is 5.12. The second kappa shape index (κ2) is 7.46. The van der Waals surface area contributed by atoms with E-state index in [1.54, 1.807) is 0 Å². The number of hydrogen-bond donors (Lipinski definition) is 1. The molecule has 7 heteroatoms. The van der Waals surface area contributed by atoms with Crippen molar-refractivity contribution >= 4 is 27.1 Å². The van der Waals surface area contributed by atoms with E-state index < -0.39 is 10.0 Å². The van der Waals surface area contributed by atoms with Gasteiger partial charge in [-0.2, -0.15) is 4.98 Å². The third-order valence-electron chi connectivity index (χ3n) is 5.98. The van der Waals surface area contributed by atoms with Crippen LogP contribution in [0.2, 0.25) is 0 Å². The maximum Gasteiger partial charge on any atom is 0.298 e. The Morgan fingerprint density at radius 1 is 1.14 bits per heavy atom. The Hall–Kier alpha value is -2.38. The maximum atomic E-state index is 13.2. The molecule has 0 aliphatic carbocycles. The highest BCUT2D eigenvalue weighted by Gasteiger charge is 2.30. The smallest absolute Gasteiger partial charge is 0.298 e. The number of nitrogens with zero attached hydrogens (tertiary/aromatic N) is 2. The summed E-state index contributed by atoms with van der Waals surface area (Å²) in [6.45, 7) is 8.78. The van der Waals surface area contributed by atoms with E-state index in [9.17, 15) is 8.42 Å². The van der Waals surface area contributed by atoms with Crippen molar-refractivity contribution in [2.75, 3.05) is 18.0 Å². The lowest BCUT2D eigenvalue weighted by Crippen LogP contribution is -2.40. The van der Waals surface area contributed by atoms with Crippen LogP contribution in [0.5, 0.6) is 0 Å². The van der Waals surface area contributed by atoms with Gasteiger partial charge in [-0.1, -0.05) is 18.2 Å². The van der Waals surface area contributed by atoms with Crippen molar-refractivity contribution in [3.8, 4) is 0 Å². The van der Waals surface area contributed by atoms with Crippen LogP contribution in [0.1, 0.15) is 35.1 Å². The number of benzene rings is 2. The van der Waals surface area contributed by atoms with Gasteiger partial charge in [0, 0.05) is 19.1 Å². The van der Waals surface area contributed by atoms with E-state index in [0.29, 0.717) is 17.5 Å². The number of sulfonamides is 1. The fraction of sp³-hybridized carbons (Fsp3) is 0.409. The summed E-state index contributed by atoms with van der Waals surface area (Å²) in [5, 5.41) is 0. The van der Waals surface area contributed by atoms with E-state index in [0.717, 1.165) is 52.7 Å². The van der Waals surface area contributed by atoms with Crippen molar-refractivity contribution in [2.45, 2.75) is 51.5 Å². The minimum atomic E-state index is -3.61. The Labute approximate surface area is 172 Å². The number of rotatable bonds is 5. The average Bonchev–Trinajstić information content (AvgIpc) is 3.31. The van der Waals surface area contributed by atoms with Crippen molar-refractivity contribution in [2.24, 2.45) is 0 Å². The zero-order chi connectivity index (χ0) is 20.8. The number of anilines is 1. The van der Waals surface area contributed by atoms with Gasteiger partial charge in [-0.3, -0.25) is 0 Å². The molecule has 1 unspecified atom stereocenters. The van der Waals surface area contributed by atoms with Gasteiger partial charge >= 0.3 is 0 Å². The van der Waals surface area contributed by atoms with Crippen LogP contribution in [0, 0.1) is 27.7 Å². The predicted octanol–water partition coefficient (Wildman–Crippen LogP) is 4.01. The second-order valence-electron chi connectivity index (χ2n) is 7.89. The zero-order valence-corrected chi connectivity index (χ0v) is 18.1. The highest BCUT2D eigenvalue weighted by atomic mass is 32.2. The molecule has 3 aromatic rings. The van der Waals surface area contributed by atoms with Gasteiger partial charge in [-0.15, -0.1) is 0 Å². The molecule has 0 amide bonds. The monoisotopic (exact) mass is 413 g/mol. The molecule has 1 aromatic heterocycles. The van der Waals surface area contributed by atoms with Crippen molar-refractivity contribution in [1.82, 2.24) is 9.71 Å². The Bertz CT molecular complexity index is 1110. The third-order valence-corrected chi connectivity index (χ3v) is 7.68. The van der Waals surface area contributed by atoms with Crippen molar-refractivity contribution < 1.29 is 12.8 Å². The minimum absolute atomic E-state index is 0.0179. The number of oxazole rings is 1. The fourth-order valence-corrected chi connectivity index (χ4v) is 5.83. The summed E-state index contributed by atoms with van der Waals surface area (Å²) in [6, 6.07) is 10.3. The molecule has 4 rings (SSSR count). The van der Waals surface area contributed by atoms with E-state index >= 15 is 0 Å². The molecule has 6 nitrogen and oxygen atoms in total. The van der Waals surface area contributed by atoms with Crippen molar-refractivity contribution in [1.29, 1.82) is 0 Å². The molecule has 1 saturated heterocycles. The molecule has 1 aliphatic heterocycles. The van der Waals surface area contributed by atoms with Crippen LogP contribution in [0.25, 0.3) is 11.1 Å². The SMILES string of the molecule is Cc1cc(C)c(C)c(S(=O)(=O)NCC2CCCN2c2nc3ccccc3o2)c1C. The number of nitrogens with one attached hydrogen (secondary N) is 1. The number of fused-ring (bicyclic) bond motifs is 1. The second-order valence-corrected chi connectivity index (χ2v) is 9.60. The van der Waals surface area contributed by atoms with Gasteiger partial charge in [0.05, 0.1) is 4.90 Å². The molecule has 0 spiro atoms. The van der Waals surface area contributed by atoms with Gasteiger partial charge in [0.1, 0.15) is 5.52 Å². The van der Waals surface area contributed by atoms with Gasteiger partial charge in [-0.05, 0) is 74.9 Å². The molecular formula is C22H27N3O3S. The average molecular weight is 414 g/mol. The Balaban J connectivity index is 1.56. The van der Waals surface area contributed by atoms with Gasteiger partial charge in [0.25, 0.3) is 6.01 Å². The lowest BCUT2D eigenvalue weighted by atomic mass is 10.0. The van der Waals surface area contributed by atoms with E-state index in [1.807, 2.05) is 58.0 Å². The summed E-state index contributed by atoms with van der Waals surface area (Å²) in [5.41, 5.74) is 5.15. The number of para-hydroxylation sites is 2. The summed E-state index contributed by atoms with van der Waals surface area (Å²) >= 11 is 0. The highest BCUT2D eigenvalue weighted by Crippen LogP contribution is 2.29. The molecule has 1 aliphatic rings. The largest absolute Gasteiger partial charge is 0.423 e. The first kappa shape index (κ1) is 19.9. The number of aryl methyl sites for hydroxylation is 2. The fourth-order valence-electron chi connectivity index (χ4n) is 4.14. The topological polar surface area (TPSA) is 75.4 Å². The van der Waals surface area contributed by atoms with E-state index in [-0.39, 0.29) is 6.04 Å². The molecule has 2 aromatic carbocycles. The summed E-state index contributed by atoms with van der Waals surface area (Å²) in [4.78, 5) is 7.06. The molecule has 0 saturated carbocycles. The lowest BCUT2D eigenvalue weighted by Gasteiger charge is -2.24. The first-order valence-corrected chi connectivity index (χ1v) is 11.5. The molecule has 1 N–H and O–H groups in total. The first-order chi connectivity index (χ1) is 13.8. The van der Waals surface area contributed by atoms with Crippen LogP contribution < -0.4 is 9.62 Å². The maximum absolute atomic E-state index is 13.2. The van der Waals surface area contributed by atoms with Crippen LogP contribution >= 0.6 is 0 Å². The highest BCUT2D eigenvalue weighted by molar-refractivity contribution is 7.89. The zero-order valence-electron chi connectivity index (χ0n) is 17.3. The van der Waals surface area contributed by atoms with Crippen LogP contribution in [0.4, 0.5) is 6.01 Å². The predicted molar refractivity (Wildman–Crippen MR) is 115 cm³/mol. The van der Waals surface area contributed by atoms with Crippen LogP contribution in [0.15, 0.2) is 39.6 Å². The first-order valence-electron chi connectivity index (χ1n) is 9.97. The van der Waals surface area contributed by atoms with Crippen LogP contribution in [-0.2, 0) is 10.0 Å². The molecule has 0 radical (unpaired) electrons. The van der Waals surface area contributed by atoms with E-state index in [2.05, 4.69) is 14.6 Å². The quantitative estimate of drug-likeness (QED) is 0.684. The summed E-state index contributed by atoms with van der Waals surface area (Å²) in [6.07, 6.45) is 1.87. The molecule has 29 heavy (non-hydrogen) atoms. The number of aromatic nitrogens is 1. The summed E-state index contributed by atoms with van der Waals surface area (Å²) in [5.74, 6) is 0. The Morgan fingerprint density at radius 2 is 1.83 bits per heavy atom. The standard InChI is InChI=1S/C22H27N3O3S/c1-14-12-15(2)17(4)21(16(14)3)29(26,27)23-13-18-8-7-11-25(18)22-24-19-9-5-6-10-20(19)28-22/h5-6,9-10,12,18,23H,7-8,11,13H2,1-4H3. The number of hydrogen-bond acceptors (Lipinski definition) is 5. The molecule has 1 atom stereocenters. The molecule has 2 heterocycles. The molecule has 1 fully saturated rings. The van der Waals surface area contributed by atoms with Crippen LogP contribution in [0.3, 0.4) is 0 Å². The Morgan fingerprint density at radius 3 is 2.52 bits per heavy atom. The normalized spacial score (nSPS) is 17.4. The third kappa shape index (κ3) is 3.65. The van der Waals surface area contributed by atoms with Gasteiger partial charge < -0.3 is 9.32 Å². The van der Waals surface area contributed by atoms with Gasteiger partial charge in [0.2, 0.25) is 10.0 Å². The van der Waals surface area contributed by atoms with E-state index in [4.69, 9.17) is 4.42 Å². The van der Waals surface area contributed by atoms with E-state index in [1.165, 1.54) is 0 Å². The summed E-state index contributed by atoms with van der Waals surface area (Å²) < 4.78 is 35.1. The molecule has 0 bridgehead atoms. The molecular weight excluding hydrogens is 386 g/mol.